The van der Waals surface area contributed by atoms with Gasteiger partial charge >= 0.3 is 0 Å². The quantitative estimate of drug-likeness (QED) is 0.826. The van der Waals surface area contributed by atoms with Crippen LogP contribution in [0.3, 0.4) is 0 Å². The lowest BCUT2D eigenvalue weighted by molar-refractivity contribution is -0.122. The van der Waals surface area contributed by atoms with Crippen molar-refractivity contribution < 1.29 is 9.53 Å². The molecule has 2 rings (SSSR count). The lowest BCUT2D eigenvalue weighted by atomic mass is 10.3. The van der Waals surface area contributed by atoms with E-state index in [1.165, 1.54) is 0 Å². The number of carbonyl (C=O) groups excluding carboxylic acids is 1. The summed E-state index contributed by atoms with van der Waals surface area (Å²) in [6.07, 6.45) is 1.33. The molecule has 110 valence electrons. The van der Waals surface area contributed by atoms with Gasteiger partial charge in [-0.05, 0) is 37.4 Å². The lowest BCUT2D eigenvalue weighted by Crippen LogP contribution is -2.30. The monoisotopic (exact) mass is 321 g/mol. The number of amides is 1. The van der Waals surface area contributed by atoms with E-state index in [4.69, 9.17) is 16.3 Å². The number of ether oxygens (including phenoxy) is 1. The zero-order valence-electron chi connectivity index (χ0n) is 11.8. The predicted molar refractivity (Wildman–Crippen MR) is 88.4 cm³/mol. The van der Waals surface area contributed by atoms with Crippen LogP contribution < -0.4 is 10.1 Å². The van der Waals surface area contributed by atoms with Crippen LogP contribution in [0.25, 0.3) is 0 Å². The second kappa shape index (κ2) is 7.38. The first-order valence-corrected chi connectivity index (χ1v) is 8.07. The molecule has 0 spiro atoms. The number of carbonyl (C=O) groups is 1. The van der Waals surface area contributed by atoms with Gasteiger partial charge in [0, 0.05) is 4.90 Å². The maximum absolute atomic E-state index is 12.2. The van der Waals surface area contributed by atoms with E-state index in [9.17, 15) is 4.79 Å². The number of para-hydroxylation sites is 2. The van der Waals surface area contributed by atoms with Crippen LogP contribution >= 0.6 is 23.4 Å². The first kappa shape index (κ1) is 15.7. The fraction of sp³-hybridized carbons (Fsp3) is 0.188. The Morgan fingerprint density at radius 3 is 2.57 bits per heavy atom. The third-order valence-corrected chi connectivity index (χ3v) is 3.98. The Hall–Kier alpha value is -1.65. The number of benzene rings is 2. The van der Waals surface area contributed by atoms with E-state index in [1.807, 2.05) is 42.7 Å². The van der Waals surface area contributed by atoms with Gasteiger partial charge in [-0.15, -0.1) is 11.8 Å². The molecule has 1 N–H and O–H groups in total. The van der Waals surface area contributed by atoms with Crippen molar-refractivity contribution in [2.24, 2.45) is 0 Å². The van der Waals surface area contributed by atoms with Crippen LogP contribution in [-0.4, -0.2) is 18.3 Å². The Labute approximate surface area is 133 Å². The third kappa shape index (κ3) is 4.16. The molecule has 0 bridgehead atoms. The van der Waals surface area contributed by atoms with Gasteiger partial charge in [0.25, 0.3) is 5.91 Å². The number of thioether (sulfide) groups is 1. The largest absolute Gasteiger partial charge is 0.479 e. The number of hydrogen-bond acceptors (Lipinski definition) is 3. The number of rotatable bonds is 5. The van der Waals surface area contributed by atoms with Crippen molar-refractivity contribution >= 4 is 35.0 Å². The summed E-state index contributed by atoms with van der Waals surface area (Å²) < 4.78 is 5.60. The van der Waals surface area contributed by atoms with Gasteiger partial charge in [-0.3, -0.25) is 4.79 Å². The van der Waals surface area contributed by atoms with Crippen LogP contribution in [0.15, 0.2) is 53.4 Å². The third-order valence-electron chi connectivity index (χ3n) is 2.87. The number of halogens is 1. The second-order valence-electron chi connectivity index (χ2n) is 4.38. The molecule has 0 unspecified atom stereocenters. The summed E-state index contributed by atoms with van der Waals surface area (Å²) in [5, 5.41) is 3.36. The molecule has 2 aromatic rings. The van der Waals surface area contributed by atoms with Crippen LogP contribution in [0.2, 0.25) is 5.02 Å². The van der Waals surface area contributed by atoms with Crippen LogP contribution in [-0.2, 0) is 4.79 Å². The van der Waals surface area contributed by atoms with Gasteiger partial charge < -0.3 is 10.1 Å². The Bertz CT molecular complexity index is 633. The summed E-state index contributed by atoms with van der Waals surface area (Å²) >= 11 is 7.60. The van der Waals surface area contributed by atoms with Crippen molar-refractivity contribution in [2.75, 3.05) is 11.6 Å². The van der Waals surface area contributed by atoms with E-state index < -0.39 is 6.10 Å². The molecule has 1 atom stereocenters. The Morgan fingerprint density at radius 2 is 1.86 bits per heavy atom. The molecule has 0 radical (unpaired) electrons. The first-order chi connectivity index (χ1) is 10.1. The van der Waals surface area contributed by atoms with Gasteiger partial charge in [0.15, 0.2) is 6.10 Å². The Kier molecular flexibility index (Phi) is 5.53. The zero-order valence-corrected chi connectivity index (χ0v) is 13.4. The molecule has 0 fully saturated rings. The van der Waals surface area contributed by atoms with Gasteiger partial charge in [-0.1, -0.05) is 35.9 Å². The topological polar surface area (TPSA) is 38.3 Å². The molecule has 0 aliphatic rings. The summed E-state index contributed by atoms with van der Waals surface area (Å²) in [6, 6.07) is 14.7. The summed E-state index contributed by atoms with van der Waals surface area (Å²) in [5.41, 5.74) is 0.782. The van der Waals surface area contributed by atoms with Crippen molar-refractivity contribution in [3.05, 3.63) is 53.6 Å². The highest BCUT2D eigenvalue weighted by atomic mass is 35.5. The minimum absolute atomic E-state index is 0.212. The van der Waals surface area contributed by atoms with E-state index in [-0.39, 0.29) is 5.91 Å². The highest BCUT2D eigenvalue weighted by molar-refractivity contribution is 7.98. The molecular weight excluding hydrogens is 306 g/mol. The highest BCUT2D eigenvalue weighted by Crippen LogP contribution is 2.26. The van der Waals surface area contributed by atoms with Crippen molar-refractivity contribution in [1.29, 1.82) is 0 Å². The van der Waals surface area contributed by atoms with E-state index in [0.29, 0.717) is 10.8 Å². The summed E-state index contributed by atoms with van der Waals surface area (Å²) in [6.45, 7) is 1.69. The Morgan fingerprint density at radius 1 is 1.19 bits per heavy atom. The van der Waals surface area contributed by atoms with Crippen molar-refractivity contribution in [1.82, 2.24) is 0 Å². The molecule has 3 nitrogen and oxygen atoms in total. The van der Waals surface area contributed by atoms with Crippen LogP contribution in [0, 0.1) is 0 Å². The molecule has 5 heteroatoms. The van der Waals surface area contributed by atoms with Crippen LogP contribution in [0.5, 0.6) is 5.75 Å². The number of anilines is 1. The SMILES string of the molecule is CSc1ccccc1NC(=O)[C@@H](C)Oc1ccccc1Cl. The fourth-order valence-corrected chi connectivity index (χ4v) is 2.50. The molecule has 1 amide bonds. The molecule has 0 heterocycles. The molecule has 21 heavy (non-hydrogen) atoms. The van der Waals surface area contributed by atoms with E-state index in [0.717, 1.165) is 10.6 Å². The molecule has 0 aromatic heterocycles. The smallest absolute Gasteiger partial charge is 0.265 e. The highest BCUT2D eigenvalue weighted by Gasteiger charge is 2.17. The van der Waals surface area contributed by atoms with Gasteiger partial charge in [0.1, 0.15) is 5.75 Å². The average molecular weight is 322 g/mol. The van der Waals surface area contributed by atoms with E-state index in [2.05, 4.69) is 5.32 Å². The van der Waals surface area contributed by atoms with E-state index >= 15 is 0 Å². The average Bonchev–Trinajstić information content (AvgIpc) is 2.50. The van der Waals surface area contributed by atoms with Gasteiger partial charge in [-0.25, -0.2) is 0 Å². The van der Waals surface area contributed by atoms with Crippen molar-refractivity contribution in [3.63, 3.8) is 0 Å². The summed E-state index contributed by atoms with van der Waals surface area (Å²) in [7, 11) is 0. The molecule has 2 aromatic carbocycles. The van der Waals surface area contributed by atoms with Crippen LogP contribution in [0.4, 0.5) is 5.69 Å². The van der Waals surface area contributed by atoms with Crippen LogP contribution in [0.1, 0.15) is 6.92 Å². The molecule has 0 saturated carbocycles. The molecule has 0 saturated heterocycles. The molecule has 0 aliphatic heterocycles. The molecule has 0 aliphatic carbocycles. The first-order valence-electron chi connectivity index (χ1n) is 6.47. The predicted octanol–water partition coefficient (Wildman–Crippen LogP) is 4.47. The minimum atomic E-state index is -0.639. The summed E-state index contributed by atoms with van der Waals surface area (Å²) in [4.78, 5) is 13.2. The lowest BCUT2D eigenvalue weighted by Gasteiger charge is -2.16. The zero-order chi connectivity index (χ0) is 15.2. The van der Waals surface area contributed by atoms with Gasteiger partial charge in [0.2, 0.25) is 0 Å². The minimum Gasteiger partial charge on any atom is -0.479 e. The fourth-order valence-electron chi connectivity index (χ4n) is 1.77. The number of nitrogens with one attached hydrogen (secondary N) is 1. The molecular formula is C16H16ClNO2S. The summed E-state index contributed by atoms with van der Waals surface area (Å²) in [5.74, 6) is 0.288. The normalized spacial score (nSPS) is 11.8. The van der Waals surface area contributed by atoms with Gasteiger partial charge in [0.05, 0.1) is 10.7 Å². The Balaban J connectivity index is 2.05. The van der Waals surface area contributed by atoms with Crippen molar-refractivity contribution in [3.8, 4) is 5.75 Å². The van der Waals surface area contributed by atoms with Gasteiger partial charge in [-0.2, -0.15) is 0 Å². The van der Waals surface area contributed by atoms with Crippen molar-refractivity contribution in [2.45, 2.75) is 17.9 Å². The maximum atomic E-state index is 12.2. The van der Waals surface area contributed by atoms with E-state index in [1.54, 1.807) is 30.8 Å². The number of hydrogen-bond donors (Lipinski definition) is 1. The maximum Gasteiger partial charge on any atom is 0.265 e. The standard InChI is InChI=1S/C16H16ClNO2S/c1-11(20-14-9-5-3-7-12(14)17)16(19)18-13-8-4-6-10-15(13)21-2/h3-11H,1-2H3,(H,18,19)/t11-/m1/s1. The second-order valence-corrected chi connectivity index (χ2v) is 5.64.